The van der Waals surface area contributed by atoms with Gasteiger partial charge in [0.2, 0.25) is 0 Å². The van der Waals surface area contributed by atoms with Crippen LogP contribution in [-0.4, -0.2) is 22.3 Å². The highest BCUT2D eigenvalue weighted by atomic mass is 35.5. The number of rotatable bonds is 4. The number of fused-ring (bicyclic) bond motifs is 1. The largest absolute Gasteiger partial charge is 0.377 e. The molecule has 0 bridgehead atoms. The lowest BCUT2D eigenvalue weighted by atomic mass is 10.1. The highest BCUT2D eigenvalue weighted by Crippen LogP contribution is 2.25. The summed E-state index contributed by atoms with van der Waals surface area (Å²) >= 11 is 5.83. The Hall–Kier alpha value is -1.20. The molecule has 2 rings (SSSR count). The Labute approximate surface area is 115 Å². The van der Waals surface area contributed by atoms with Crippen molar-refractivity contribution in [3.05, 3.63) is 29.6 Å². The first kappa shape index (κ1) is 14.2. The molecule has 0 atom stereocenters. The van der Waals surface area contributed by atoms with Crippen molar-refractivity contribution in [3.8, 4) is 0 Å². The van der Waals surface area contributed by atoms with Crippen LogP contribution in [0.25, 0.3) is 11.0 Å². The van der Waals surface area contributed by atoms with Crippen LogP contribution in [0.1, 0.15) is 19.7 Å². The summed E-state index contributed by atoms with van der Waals surface area (Å²) in [5.74, 6) is -1.19. The van der Waals surface area contributed by atoms with Gasteiger partial charge in [-0.25, -0.2) is 13.8 Å². The second kappa shape index (κ2) is 5.06. The van der Waals surface area contributed by atoms with Gasteiger partial charge in [0.25, 0.3) is 0 Å². The number of methoxy groups -OCH3 is 1. The third-order valence-corrected chi connectivity index (χ3v) is 3.33. The molecular formula is C13H15ClF2N2O. The maximum Gasteiger partial charge on any atom is 0.184 e. The van der Waals surface area contributed by atoms with Crippen LogP contribution in [0.15, 0.2) is 12.1 Å². The van der Waals surface area contributed by atoms with Gasteiger partial charge in [-0.15, -0.1) is 11.6 Å². The van der Waals surface area contributed by atoms with Crippen molar-refractivity contribution in [1.82, 2.24) is 9.55 Å². The molecule has 0 fully saturated rings. The van der Waals surface area contributed by atoms with Gasteiger partial charge < -0.3 is 9.30 Å². The smallest absolute Gasteiger partial charge is 0.184 e. The summed E-state index contributed by atoms with van der Waals surface area (Å²) in [5, 5.41) is 0. The number of benzene rings is 1. The molecule has 1 heterocycles. The number of nitrogens with zero attached hydrogens (tertiary/aromatic N) is 2. The molecule has 104 valence electrons. The number of hydrogen-bond donors (Lipinski definition) is 0. The van der Waals surface area contributed by atoms with Gasteiger partial charge in [0.05, 0.1) is 23.5 Å². The Bertz CT molecular complexity index is 610. The summed E-state index contributed by atoms with van der Waals surface area (Å²) in [6.45, 7) is 4.05. The number of ether oxygens (including phenoxy) is 1. The van der Waals surface area contributed by atoms with Crippen molar-refractivity contribution in [3.63, 3.8) is 0 Å². The quantitative estimate of drug-likeness (QED) is 0.806. The number of imidazole rings is 1. The van der Waals surface area contributed by atoms with Crippen LogP contribution in [0.4, 0.5) is 8.78 Å². The van der Waals surface area contributed by atoms with Gasteiger partial charge >= 0.3 is 0 Å². The molecule has 0 aliphatic rings. The molecule has 0 spiro atoms. The maximum atomic E-state index is 14.0. The summed E-state index contributed by atoms with van der Waals surface area (Å²) in [7, 11) is 1.57. The number of hydrogen-bond acceptors (Lipinski definition) is 2. The van der Waals surface area contributed by atoms with Gasteiger partial charge in [-0.3, -0.25) is 0 Å². The van der Waals surface area contributed by atoms with Crippen LogP contribution in [0.5, 0.6) is 0 Å². The van der Waals surface area contributed by atoms with E-state index in [1.807, 2.05) is 13.8 Å². The zero-order valence-electron chi connectivity index (χ0n) is 11.0. The first-order valence-electron chi connectivity index (χ1n) is 5.84. The van der Waals surface area contributed by atoms with E-state index in [2.05, 4.69) is 4.98 Å². The summed E-state index contributed by atoms with van der Waals surface area (Å²) in [4.78, 5) is 4.22. The zero-order valence-corrected chi connectivity index (χ0v) is 11.8. The van der Waals surface area contributed by atoms with E-state index in [9.17, 15) is 8.78 Å². The van der Waals surface area contributed by atoms with Gasteiger partial charge in [-0.05, 0) is 26.0 Å². The molecule has 1 aromatic carbocycles. The van der Waals surface area contributed by atoms with E-state index < -0.39 is 17.2 Å². The Morgan fingerprint density at radius 2 is 2.05 bits per heavy atom. The second-order valence-corrected chi connectivity index (χ2v) is 5.21. The monoisotopic (exact) mass is 288 g/mol. The first-order chi connectivity index (χ1) is 8.89. The predicted molar refractivity (Wildman–Crippen MR) is 70.3 cm³/mol. The fourth-order valence-corrected chi connectivity index (χ4v) is 2.13. The molecular weight excluding hydrogens is 274 g/mol. The van der Waals surface area contributed by atoms with Crippen molar-refractivity contribution >= 4 is 22.6 Å². The van der Waals surface area contributed by atoms with Crippen LogP contribution in [0, 0.1) is 11.6 Å². The average molecular weight is 289 g/mol. The molecule has 0 saturated heterocycles. The SMILES string of the molecule is COC(C)(C)Cn1c(CCl)nc2ccc(F)c(F)c21. The van der Waals surface area contributed by atoms with Gasteiger partial charge in [0.15, 0.2) is 11.6 Å². The normalized spacial score (nSPS) is 12.3. The molecule has 6 heteroatoms. The molecule has 0 unspecified atom stereocenters. The molecule has 1 aromatic heterocycles. The van der Waals surface area contributed by atoms with Crippen molar-refractivity contribution in [1.29, 1.82) is 0 Å². The van der Waals surface area contributed by atoms with E-state index >= 15 is 0 Å². The minimum Gasteiger partial charge on any atom is -0.377 e. The molecule has 0 aliphatic heterocycles. The van der Waals surface area contributed by atoms with E-state index in [0.717, 1.165) is 6.07 Å². The van der Waals surface area contributed by atoms with Crippen LogP contribution >= 0.6 is 11.6 Å². The summed E-state index contributed by atoms with van der Waals surface area (Å²) in [5.41, 5.74) is -0.0186. The van der Waals surface area contributed by atoms with Crippen LogP contribution in [0.3, 0.4) is 0 Å². The molecule has 0 amide bonds. The van der Waals surface area contributed by atoms with Crippen molar-refractivity contribution in [2.45, 2.75) is 31.9 Å². The molecule has 0 radical (unpaired) electrons. The van der Waals surface area contributed by atoms with E-state index in [0.29, 0.717) is 17.9 Å². The van der Waals surface area contributed by atoms with Crippen LogP contribution in [-0.2, 0) is 17.2 Å². The van der Waals surface area contributed by atoms with E-state index in [1.165, 1.54) is 6.07 Å². The Morgan fingerprint density at radius 1 is 1.37 bits per heavy atom. The first-order valence-corrected chi connectivity index (χ1v) is 6.37. The minimum absolute atomic E-state index is 0.121. The summed E-state index contributed by atoms with van der Waals surface area (Å²) in [6.07, 6.45) is 0. The van der Waals surface area contributed by atoms with Gasteiger partial charge in [0, 0.05) is 7.11 Å². The summed E-state index contributed by atoms with van der Waals surface area (Å²) < 4.78 is 34.2. The summed E-state index contributed by atoms with van der Waals surface area (Å²) in [6, 6.07) is 2.51. The highest BCUT2D eigenvalue weighted by Gasteiger charge is 2.23. The molecule has 0 aliphatic carbocycles. The van der Waals surface area contributed by atoms with Crippen molar-refractivity contribution in [2.75, 3.05) is 7.11 Å². The Morgan fingerprint density at radius 3 is 2.63 bits per heavy atom. The topological polar surface area (TPSA) is 27.1 Å². The third kappa shape index (κ3) is 2.58. The fourth-order valence-electron chi connectivity index (χ4n) is 1.92. The Kier molecular flexibility index (Phi) is 3.78. The standard InChI is InChI=1S/C13H15ClF2N2O/c1-13(2,19-3)7-18-10(6-14)17-9-5-4-8(15)11(16)12(9)18/h4-5H,6-7H2,1-3H3. The van der Waals surface area contributed by atoms with Crippen LogP contribution < -0.4 is 0 Å². The van der Waals surface area contributed by atoms with Crippen molar-refractivity contribution in [2.24, 2.45) is 0 Å². The molecule has 2 aromatic rings. The molecule has 19 heavy (non-hydrogen) atoms. The predicted octanol–water partition coefficient (Wildman–Crippen LogP) is 3.48. The molecule has 0 N–H and O–H groups in total. The van der Waals surface area contributed by atoms with Crippen molar-refractivity contribution < 1.29 is 13.5 Å². The molecule has 0 saturated carbocycles. The Balaban J connectivity index is 2.66. The third-order valence-electron chi connectivity index (χ3n) is 3.09. The number of alkyl halides is 1. The van der Waals surface area contributed by atoms with E-state index in [1.54, 1.807) is 11.7 Å². The lowest BCUT2D eigenvalue weighted by molar-refractivity contribution is 0.00844. The van der Waals surface area contributed by atoms with E-state index in [4.69, 9.17) is 16.3 Å². The van der Waals surface area contributed by atoms with Gasteiger partial charge in [0.1, 0.15) is 11.3 Å². The average Bonchev–Trinajstić information content (AvgIpc) is 2.72. The maximum absolute atomic E-state index is 14.0. The van der Waals surface area contributed by atoms with E-state index in [-0.39, 0.29) is 11.4 Å². The highest BCUT2D eigenvalue weighted by molar-refractivity contribution is 6.16. The lowest BCUT2D eigenvalue weighted by Gasteiger charge is -2.24. The van der Waals surface area contributed by atoms with Crippen LogP contribution in [0.2, 0.25) is 0 Å². The second-order valence-electron chi connectivity index (χ2n) is 4.94. The lowest BCUT2D eigenvalue weighted by Crippen LogP contribution is -2.29. The van der Waals surface area contributed by atoms with Gasteiger partial charge in [-0.2, -0.15) is 0 Å². The number of aromatic nitrogens is 2. The zero-order chi connectivity index (χ0) is 14.2. The minimum atomic E-state index is -0.909. The number of halogens is 3. The fraction of sp³-hybridized carbons (Fsp3) is 0.462. The van der Waals surface area contributed by atoms with Gasteiger partial charge in [-0.1, -0.05) is 0 Å². The molecule has 3 nitrogen and oxygen atoms in total.